The third-order valence-corrected chi connectivity index (χ3v) is 10.6. The van der Waals surface area contributed by atoms with Crippen molar-refractivity contribution in [2.24, 2.45) is 5.92 Å². The fraction of sp³-hybridized carbons (Fsp3) is 0.444. The van der Waals surface area contributed by atoms with Gasteiger partial charge in [0.2, 0.25) is 10.0 Å². The molecule has 284 valence electrons. The first-order valence-electron chi connectivity index (χ1n) is 16.8. The molecule has 0 radical (unpaired) electrons. The van der Waals surface area contributed by atoms with Crippen LogP contribution in [-0.4, -0.2) is 86.3 Å². The molecule has 0 fully saturated rings. The number of urea groups is 1. The van der Waals surface area contributed by atoms with Crippen molar-refractivity contribution in [3.05, 3.63) is 83.7 Å². The van der Waals surface area contributed by atoms with Crippen LogP contribution in [-0.2, 0) is 20.9 Å². The van der Waals surface area contributed by atoms with Gasteiger partial charge in [-0.15, -0.1) is 0 Å². The van der Waals surface area contributed by atoms with E-state index < -0.39 is 64.2 Å². The molecule has 0 aliphatic carbocycles. The molecule has 1 aliphatic heterocycles. The normalized spacial score (nSPS) is 20.0. The minimum Gasteiger partial charge on any atom is -0.490 e. The van der Waals surface area contributed by atoms with E-state index in [-0.39, 0.29) is 46.8 Å². The maximum atomic E-state index is 14.3. The van der Waals surface area contributed by atoms with E-state index in [9.17, 15) is 40.7 Å². The van der Waals surface area contributed by atoms with Crippen molar-refractivity contribution in [3.8, 4) is 5.75 Å². The first-order chi connectivity index (χ1) is 24.5. The van der Waals surface area contributed by atoms with Gasteiger partial charge in [-0.25, -0.2) is 17.6 Å². The molecule has 3 aromatic carbocycles. The smallest absolute Gasteiger partial charge is 0.416 e. The van der Waals surface area contributed by atoms with Gasteiger partial charge in [0, 0.05) is 44.0 Å². The number of sulfonamides is 1. The summed E-state index contributed by atoms with van der Waals surface area (Å²) in [5.41, 5.74) is -0.486. The van der Waals surface area contributed by atoms with Gasteiger partial charge >= 0.3 is 12.2 Å². The number of hydrogen-bond donors (Lipinski definition) is 3. The minimum absolute atomic E-state index is 0.0384. The van der Waals surface area contributed by atoms with Gasteiger partial charge in [0.05, 0.1) is 40.9 Å². The number of carbonyl (C=O) groups excluding carboxylic acids is 2. The number of amides is 3. The fourth-order valence-electron chi connectivity index (χ4n) is 5.64. The van der Waals surface area contributed by atoms with Crippen LogP contribution in [0.1, 0.15) is 56.0 Å². The first-order valence-corrected chi connectivity index (χ1v) is 18.2. The summed E-state index contributed by atoms with van der Waals surface area (Å²) in [7, 11) is -2.61. The van der Waals surface area contributed by atoms with Gasteiger partial charge in [-0.2, -0.15) is 17.5 Å². The quantitative estimate of drug-likeness (QED) is 0.221. The lowest BCUT2D eigenvalue weighted by Crippen LogP contribution is -2.48. The maximum absolute atomic E-state index is 14.3. The number of hydrogen-bond acceptors (Lipinski definition) is 7. The van der Waals surface area contributed by atoms with E-state index >= 15 is 0 Å². The van der Waals surface area contributed by atoms with E-state index in [1.165, 1.54) is 42.3 Å². The van der Waals surface area contributed by atoms with E-state index in [1.807, 2.05) is 13.8 Å². The number of likely N-dealkylation sites (N-methyl/N-ethyl adjacent to an activating group) is 1. The van der Waals surface area contributed by atoms with Crippen LogP contribution >= 0.6 is 0 Å². The second kappa shape index (κ2) is 17.5. The zero-order chi connectivity index (χ0) is 38.2. The second-order valence-corrected chi connectivity index (χ2v) is 14.9. The summed E-state index contributed by atoms with van der Waals surface area (Å²) in [5.74, 6) is -1.32. The van der Waals surface area contributed by atoms with Crippen molar-refractivity contribution in [1.29, 1.82) is 0 Å². The average molecular weight is 753 g/mol. The van der Waals surface area contributed by atoms with Crippen LogP contribution < -0.4 is 15.4 Å². The molecular weight excluding hydrogens is 708 g/mol. The van der Waals surface area contributed by atoms with Crippen LogP contribution in [0, 0.1) is 11.7 Å². The molecule has 3 aromatic rings. The topological polar surface area (TPSA) is 138 Å². The SMILES string of the molecule is C[C@@H]1CCCCO[C@@H](CN(C)S(=O)(=O)c2ccc(F)cc2)[C@H](C)CN([C@H](C)CO)C(=O)c2cc(NC(=O)Nc3ccc(C(F)(F)F)cc3)ccc2O1. The van der Waals surface area contributed by atoms with E-state index in [1.54, 1.807) is 6.92 Å². The molecule has 3 N–H and O–H groups in total. The summed E-state index contributed by atoms with van der Waals surface area (Å²) in [6.45, 7) is 5.18. The third-order valence-electron chi connectivity index (χ3n) is 8.74. The summed E-state index contributed by atoms with van der Waals surface area (Å²) >= 11 is 0. The number of aliphatic hydroxyl groups excluding tert-OH is 1. The predicted octanol–water partition coefficient (Wildman–Crippen LogP) is 6.60. The Labute approximate surface area is 300 Å². The van der Waals surface area contributed by atoms with Gasteiger partial charge in [0.1, 0.15) is 11.6 Å². The van der Waals surface area contributed by atoms with Gasteiger partial charge < -0.3 is 30.1 Å². The molecule has 1 aliphatic rings. The van der Waals surface area contributed by atoms with Crippen LogP contribution in [0.4, 0.5) is 33.7 Å². The number of halogens is 4. The molecule has 3 amide bonds. The summed E-state index contributed by atoms with van der Waals surface area (Å²) in [6.07, 6.45) is -3.60. The van der Waals surface area contributed by atoms with Crippen LogP contribution in [0.3, 0.4) is 0 Å². The summed E-state index contributed by atoms with van der Waals surface area (Å²) < 4.78 is 92.6. The lowest BCUT2D eigenvalue weighted by Gasteiger charge is -2.35. The molecule has 4 rings (SSSR count). The highest BCUT2D eigenvalue weighted by atomic mass is 32.2. The largest absolute Gasteiger partial charge is 0.490 e. The Kier molecular flexibility index (Phi) is 13.6. The number of alkyl halides is 3. The zero-order valence-corrected chi connectivity index (χ0v) is 30.1. The van der Waals surface area contributed by atoms with Crippen molar-refractivity contribution in [2.45, 2.75) is 69.4 Å². The lowest BCUT2D eigenvalue weighted by atomic mass is 10.0. The molecule has 0 spiro atoms. The molecule has 1 heterocycles. The van der Waals surface area contributed by atoms with Crippen LogP contribution in [0.15, 0.2) is 71.6 Å². The van der Waals surface area contributed by atoms with E-state index in [0.717, 1.165) is 40.7 Å². The predicted molar refractivity (Wildman–Crippen MR) is 187 cm³/mol. The maximum Gasteiger partial charge on any atom is 0.416 e. The number of aliphatic hydroxyl groups is 1. The van der Waals surface area contributed by atoms with Crippen molar-refractivity contribution in [3.63, 3.8) is 0 Å². The minimum atomic E-state index is -4.53. The molecule has 11 nitrogen and oxygen atoms in total. The van der Waals surface area contributed by atoms with Crippen molar-refractivity contribution in [2.75, 3.05) is 44.0 Å². The van der Waals surface area contributed by atoms with Crippen molar-refractivity contribution < 1.29 is 50.1 Å². The van der Waals surface area contributed by atoms with Crippen molar-refractivity contribution >= 4 is 33.3 Å². The second-order valence-electron chi connectivity index (χ2n) is 12.9. The number of fused-ring (bicyclic) bond motifs is 1. The Morgan fingerprint density at radius 1 is 1.02 bits per heavy atom. The molecule has 0 saturated carbocycles. The summed E-state index contributed by atoms with van der Waals surface area (Å²) in [6, 6.07) is 11.4. The van der Waals surface area contributed by atoms with Gasteiger partial charge in [-0.3, -0.25) is 4.79 Å². The number of carbonyl (C=O) groups is 2. The molecule has 0 aromatic heterocycles. The average Bonchev–Trinajstić information content (AvgIpc) is 3.09. The molecule has 0 unspecified atom stereocenters. The van der Waals surface area contributed by atoms with E-state index in [0.29, 0.717) is 25.9 Å². The molecule has 4 atom stereocenters. The number of nitrogens with one attached hydrogen (secondary N) is 2. The number of ether oxygens (including phenoxy) is 2. The van der Waals surface area contributed by atoms with Crippen LogP contribution in [0.2, 0.25) is 0 Å². The fourth-order valence-corrected chi connectivity index (χ4v) is 6.82. The van der Waals surface area contributed by atoms with Crippen LogP contribution in [0.5, 0.6) is 5.75 Å². The highest BCUT2D eigenvalue weighted by Gasteiger charge is 2.33. The molecular formula is C36H44F4N4O7S. The van der Waals surface area contributed by atoms with Gasteiger partial charge in [0.25, 0.3) is 5.91 Å². The Balaban J connectivity index is 1.60. The zero-order valence-electron chi connectivity index (χ0n) is 29.3. The van der Waals surface area contributed by atoms with Gasteiger partial charge in [-0.05, 0) is 99.8 Å². The van der Waals surface area contributed by atoms with Gasteiger partial charge in [-0.1, -0.05) is 6.92 Å². The van der Waals surface area contributed by atoms with Crippen molar-refractivity contribution in [1.82, 2.24) is 9.21 Å². The third kappa shape index (κ3) is 10.6. The lowest BCUT2D eigenvalue weighted by molar-refractivity contribution is -0.137. The van der Waals surface area contributed by atoms with Gasteiger partial charge in [0.15, 0.2) is 0 Å². The number of nitrogens with zero attached hydrogens (tertiary/aromatic N) is 2. The molecule has 52 heavy (non-hydrogen) atoms. The van der Waals surface area contributed by atoms with E-state index in [2.05, 4.69) is 10.6 Å². The summed E-state index contributed by atoms with van der Waals surface area (Å²) in [5, 5.41) is 15.3. The Morgan fingerprint density at radius 3 is 2.29 bits per heavy atom. The number of rotatable bonds is 8. The highest BCUT2D eigenvalue weighted by Crippen LogP contribution is 2.31. The Hall–Kier alpha value is -4.25. The molecule has 0 bridgehead atoms. The molecule has 16 heteroatoms. The van der Waals surface area contributed by atoms with Crippen LogP contribution in [0.25, 0.3) is 0 Å². The highest BCUT2D eigenvalue weighted by molar-refractivity contribution is 7.89. The Morgan fingerprint density at radius 2 is 1.65 bits per heavy atom. The Bertz CT molecular complexity index is 1780. The monoisotopic (exact) mass is 752 g/mol. The molecule has 0 saturated heterocycles. The number of anilines is 2. The van der Waals surface area contributed by atoms with E-state index in [4.69, 9.17) is 9.47 Å². The standard InChI is InChI=1S/C36H44F4N4O7S/c1-23-20-44(24(2)22-45)34(46)31-19-29(42-35(47)41-28-12-8-26(9-13-28)36(38,39)40)14-17-32(31)51-25(3)7-5-6-18-50-33(23)21-43(4)52(48,49)30-15-10-27(37)11-16-30/h8-17,19,23-25,33,45H,5-7,18,20-22H2,1-4H3,(H2,41,42,47)/t23-,24-,25-,33+/m1/s1. The number of benzene rings is 3. The first kappa shape index (κ1) is 40.5. The summed E-state index contributed by atoms with van der Waals surface area (Å²) in [4.78, 5) is 28.5.